The minimum atomic E-state index is -0.463. The number of halogens is 1. The molecule has 1 saturated heterocycles. The quantitative estimate of drug-likeness (QED) is 0.856. The lowest BCUT2D eigenvalue weighted by Crippen LogP contribution is -2.31. The molecule has 1 unspecified atom stereocenters. The predicted molar refractivity (Wildman–Crippen MR) is 68.5 cm³/mol. The number of benzene rings is 1. The van der Waals surface area contributed by atoms with Gasteiger partial charge in [0, 0.05) is 13.2 Å². The minimum Gasteiger partial charge on any atom is -0.481 e. The summed E-state index contributed by atoms with van der Waals surface area (Å²) in [4.78, 5) is 11.5. The molecule has 1 aromatic carbocycles. The van der Waals surface area contributed by atoms with Crippen LogP contribution in [0.5, 0.6) is 5.75 Å². The average molecular weight is 267 g/mol. The Balaban J connectivity index is 1.63. The topological polar surface area (TPSA) is 47.6 Å². The van der Waals surface area contributed by atoms with Gasteiger partial charge >= 0.3 is 0 Å². The van der Waals surface area contributed by atoms with Gasteiger partial charge in [-0.1, -0.05) is 12.1 Å². The summed E-state index contributed by atoms with van der Waals surface area (Å²) in [5, 5.41) is 2.73. The van der Waals surface area contributed by atoms with Gasteiger partial charge in [0.25, 0.3) is 5.91 Å². The van der Waals surface area contributed by atoms with Crippen molar-refractivity contribution in [3.05, 3.63) is 30.1 Å². The predicted octanol–water partition coefficient (Wildman–Crippen LogP) is 1.89. The van der Waals surface area contributed by atoms with E-state index in [1.807, 2.05) is 0 Å². The molecule has 0 bridgehead atoms. The Morgan fingerprint density at radius 3 is 3.05 bits per heavy atom. The molecule has 1 aliphatic rings. The van der Waals surface area contributed by atoms with Crippen molar-refractivity contribution in [3.8, 4) is 5.75 Å². The fourth-order valence-electron chi connectivity index (χ4n) is 2.00. The highest BCUT2D eigenvalue weighted by atomic mass is 19.1. The van der Waals surface area contributed by atoms with Crippen LogP contribution in [0.15, 0.2) is 24.3 Å². The lowest BCUT2D eigenvalue weighted by atomic mass is 10.2. The van der Waals surface area contributed by atoms with Crippen LogP contribution in [0, 0.1) is 5.82 Å². The van der Waals surface area contributed by atoms with E-state index in [0.29, 0.717) is 6.54 Å². The van der Waals surface area contributed by atoms with E-state index >= 15 is 0 Å². The summed E-state index contributed by atoms with van der Waals surface area (Å²) in [6.45, 7) is 1.20. The number of carbonyl (C=O) groups excluding carboxylic acids is 1. The third-order valence-corrected chi connectivity index (χ3v) is 3.01. The van der Waals surface area contributed by atoms with Crippen LogP contribution in [0.1, 0.15) is 19.3 Å². The maximum atomic E-state index is 13.2. The first-order chi connectivity index (χ1) is 9.25. The van der Waals surface area contributed by atoms with Gasteiger partial charge in [0.05, 0.1) is 6.10 Å². The lowest BCUT2D eigenvalue weighted by Gasteiger charge is -2.10. The molecule has 1 N–H and O–H groups in total. The van der Waals surface area contributed by atoms with Crippen LogP contribution in [-0.4, -0.2) is 31.8 Å². The van der Waals surface area contributed by atoms with Crippen LogP contribution in [0.2, 0.25) is 0 Å². The Labute approximate surface area is 111 Å². The van der Waals surface area contributed by atoms with Crippen molar-refractivity contribution in [2.45, 2.75) is 25.4 Å². The van der Waals surface area contributed by atoms with E-state index in [0.717, 1.165) is 25.9 Å². The normalized spacial score (nSPS) is 18.3. The minimum absolute atomic E-state index is 0.0942. The molecule has 4 nitrogen and oxygen atoms in total. The Bertz CT molecular complexity index is 419. The first-order valence-corrected chi connectivity index (χ1v) is 6.51. The van der Waals surface area contributed by atoms with Gasteiger partial charge in [0.2, 0.25) is 0 Å². The molecule has 5 heteroatoms. The molecular formula is C14H18FNO3. The molecule has 0 spiro atoms. The zero-order valence-corrected chi connectivity index (χ0v) is 10.7. The summed E-state index contributed by atoms with van der Waals surface area (Å²) in [5.41, 5.74) is 0. The number of carbonyl (C=O) groups is 1. The van der Waals surface area contributed by atoms with Crippen molar-refractivity contribution in [2.24, 2.45) is 0 Å². The summed E-state index contributed by atoms with van der Waals surface area (Å²) in [5.74, 6) is -0.618. The highest BCUT2D eigenvalue weighted by Crippen LogP contribution is 2.15. The third-order valence-electron chi connectivity index (χ3n) is 3.01. The van der Waals surface area contributed by atoms with Crippen LogP contribution in [-0.2, 0) is 9.53 Å². The number of amides is 1. The van der Waals surface area contributed by atoms with Crippen molar-refractivity contribution in [2.75, 3.05) is 19.8 Å². The van der Waals surface area contributed by atoms with Crippen molar-refractivity contribution >= 4 is 5.91 Å². The van der Waals surface area contributed by atoms with Crippen LogP contribution in [0.3, 0.4) is 0 Å². The van der Waals surface area contributed by atoms with E-state index in [9.17, 15) is 9.18 Å². The molecular weight excluding hydrogens is 249 g/mol. The Kier molecular flexibility index (Phi) is 5.15. The Morgan fingerprint density at radius 1 is 1.47 bits per heavy atom. The van der Waals surface area contributed by atoms with Gasteiger partial charge in [0.1, 0.15) is 0 Å². The molecule has 0 aromatic heterocycles. The summed E-state index contributed by atoms with van der Waals surface area (Å²) in [6.07, 6.45) is 3.22. The number of hydrogen-bond donors (Lipinski definition) is 1. The average Bonchev–Trinajstić information content (AvgIpc) is 2.91. The second-order valence-corrected chi connectivity index (χ2v) is 4.49. The second-order valence-electron chi connectivity index (χ2n) is 4.49. The van der Waals surface area contributed by atoms with Crippen molar-refractivity contribution in [3.63, 3.8) is 0 Å². The second kappa shape index (κ2) is 7.09. The van der Waals surface area contributed by atoms with Gasteiger partial charge in [-0.15, -0.1) is 0 Å². The van der Waals surface area contributed by atoms with E-state index in [-0.39, 0.29) is 24.4 Å². The molecule has 0 saturated carbocycles. The SMILES string of the molecule is O=C(COc1ccccc1F)NCCC1CCCO1. The van der Waals surface area contributed by atoms with Crippen LogP contribution in [0.4, 0.5) is 4.39 Å². The summed E-state index contributed by atoms with van der Waals surface area (Å²) >= 11 is 0. The fourth-order valence-corrected chi connectivity index (χ4v) is 2.00. The van der Waals surface area contributed by atoms with Gasteiger partial charge in [-0.25, -0.2) is 4.39 Å². The van der Waals surface area contributed by atoms with Gasteiger partial charge in [-0.2, -0.15) is 0 Å². The smallest absolute Gasteiger partial charge is 0.257 e. The molecule has 1 amide bonds. The van der Waals surface area contributed by atoms with E-state index in [1.54, 1.807) is 12.1 Å². The van der Waals surface area contributed by atoms with E-state index in [1.165, 1.54) is 12.1 Å². The van der Waals surface area contributed by atoms with E-state index in [4.69, 9.17) is 9.47 Å². The van der Waals surface area contributed by atoms with Gasteiger partial charge in [-0.05, 0) is 31.4 Å². The molecule has 1 aliphatic heterocycles. The van der Waals surface area contributed by atoms with E-state index < -0.39 is 5.82 Å². The molecule has 19 heavy (non-hydrogen) atoms. The summed E-state index contributed by atoms with van der Waals surface area (Å²) < 4.78 is 23.8. The number of ether oxygens (including phenoxy) is 2. The molecule has 0 aliphatic carbocycles. The molecule has 0 radical (unpaired) electrons. The number of para-hydroxylation sites is 1. The Hall–Kier alpha value is -1.62. The first kappa shape index (κ1) is 13.8. The van der Waals surface area contributed by atoms with Crippen LogP contribution >= 0.6 is 0 Å². The number of hydrogen-bond acceptors (Lipinski definition) is 3. The third kappa shape index (κ3) is 4.52. The lowest BCUT2D eigenvalue weighted by molar-refractivity contribution is -0.123. The van der Waals surface area contributed by atoms with Crippen molar-refractivity contribution in [1.29, 1.82) is 0 Å². The van der Waals surface area contributed by atoms with Crippen molar-refractivity contribution in [1.82, 2.24) is 5.32 Å². The zero-order valence-electron chi connectivity index (χ0n) is 10.7. The highest BCUT2D eigenvalue weighted by molar-refractivity contribution is 5.77. The molecule has 1 atom stereocenters. The largest absolute Gasteiger partial charge is 0.481 e. The number of nitrogens with one attached hydrogen (secondary N) is 1. The van der Waals surface area contributed by atoms with Gasteiger partial charge in [0.15, 0.2) is 18.2 Å². The molecule has 1 heterocycles. The van der Waals surface area contributed by atoms with Gasteiger partial charge in [-0.3, -0.25) is 4.79 Å². The first-order valence-electron chi connectivity index (χ1n) is 6.51. The summed E-state index contributed by atoms with van der Waals surface area (Å²) in [6, 6.07) is 6.03. The number of rotatable bonds is 6. The monoisotopic (exact) mass is 267 g/mol. The molecule has 1 aromatic rings. The molecule has 1 fully saturated rings. The summed E-state index contributed by atoms with van der Waals surface area (Å²) in [7, 11) is 0. The maximum Gasteiger partial charge on any atom is 0.257 e. The van der Waals surface area contributed by atoms with Gasteiger partial charge < -0.3 is 14.8 Å². The zero-order chi connectivity index (χ0) is 13.5. The maximum absolute atomic E-state index is 13.2. The van der Waals surface area contributed by atoms with Crippen LogP contribution in [0.25, 0.3) is 0 Å². The molecule has 104 valence electrons. The van der Waals surface area contributed by atoms with E-state index in [2.05, 4.69) is 5.32 Å². The Morgan fingerprint density at radius 2 is 2.32 bits per heavy atom. The fraction of sp³-hybridized carbons (Fsp3) is 0.500. The van der Waals surface area contributed by atoms with Crippen LogP contribution < -0.4 is 10.1 Å². The molecule has 2 rings (SSSR count). The standard InChI is InChI=1S/C14H18FNO3/c15-12-5-1-2-6-13(12)19-10-14(17)16-8-7-11-4-3-9-18-11/h1-2,5-6,11H,3-4,7-10H2,(H,16,17). The van der Waals surface area contributed by atoms with Crippen molar-refractivity contribution < 1.29 is 18.7 Å². The highest BCUT2D eigenvalue weighted by Gasteiger charge is 2.15.